The van der Waals surface area contributed by atoms with E-state index in [0.717, 1.165) is 0 Å². The molecule has 0 heterocycles. The van der Waals surface area contributed by atoms with Crippen LogP contribution in [0.2, 0.25) is 0 Å². The van der Waals surface area contributed by atoms with Crippen LogP contribution < -0.4 is 0 Å². The molecule has 9 heteroatoms. The van der Waals surface area contributed by atoms with Crippen LogP contribution in [-0.4, -0.2) is 37.9 Å². The summed E-state index contributed by atoms with van der Waals surface area (Å²) in [6, 6.07) is 0. The van der Waals surface area contributed by atoms with Crippen molar-refractivity contribution in [3.8, 4) is 0 Å². The Morgan fingerprint density at radius 2 is 1.82 bits per heavy atom. The van der Waals surface area contributed by atoms with Gasteiger partial charge in [-0.05, 0) is 0 Å². The standard InChI is InChI=1S/C2H10O7P2/c3-1-2-8-11(6,7)9-10(4)5/h3-7,11H,1-2H2. The van der Waals surface area contributed by atoms with Crippen molar-refractivity contribution >= 4 is 16.8 Å². The molecule has 0 saturated carbocycles. The van der Waals surface area contributed by atoms with Crippen molar-refractivity contribution < 1.29 is 33.5 Å². The molecule has 0 unspecified atom stereocenters. The molecule has 0 aromatic rings. The summed E-state index contributed by atoms with van der Waals surface area (Å²) >= 11 is 0. The van der Waals surface area contributed by atoms with E-state index in [4.69, 9.17) is 24.7 Å². The van der Waals surface area contributed by atoms with Gasteiger partial charge in [0.1, 0.15) is 0 Å². The topological polar surface area (TPSA) is 120 Å². The molecule has 0 aliphatic heterocycles. The summed E-state index contributed by atoms with van der Waals surface area (Å²) in [6.07, 6.45) is 0. The molecule has 0 atom stereocenters. The van der Waals surface area contributed by atoms with Crippen LogP contribution in [0.4, 0.5) is 0 Å². The minimum atomic E-state index is -4.42. The first-order chi connectivity index (χ1) is 4.98. The van der Waals surface area contributed by atoms with Crippen LogP contribution in [0, 0.1) is 0 Å². The normalized spacial score (nSPS) is 14.0. The van der Waals surface area contributed by atoms with Gasteiger partial charge in [0.15, 0.2) is 0 Å². The molecule has 0 rings (SSSR count). The summed E-state index contributed by atoms with van der Waals surface area (Å²) in [5.74, 6) is 0. The molecule has 0 spiro atoms. The molecule has 0 amide bonds. The van der Waals surface area contributed by atoms with Crippen LogP contribution >= 0.6 is 16.8 Å². The maximum atomic E-state index is 8.65. The Balaban J connectivity index is 3.61. The molecule has 0 aromatic carbocycles. The van der Waals surface area contributed by atoms with Gasteiger partial charge in [-0.2, -0.15) is 0 Å². The first kappa shape index (κ1) is 11.6. The third-order valence-electron chi connectivity index (χ3n) is 0.582. The molecule has 5 N–H and O–H groups in total. The molecule has 0 bridgehead atoms. The van der Waals surface area contributed by atoms with Crippen LogP contribution in [0.1, 0.15) is 0 Å². The summed E-state index contributed by atoms with van der Waals surface area (Å²) in [7, 11) is -7.27. The van der Waals surface area contributed by atoms with Crippen molar-refractivity contribution in [2.45, 2.75) is 0 Å². The van der Waals surface area contributed by atoms with Crippen molar-refractivity contribution in [2.75, 3.05) is 13.2 Å². The number of aliphatic hydroxyl groups excluding tert-OH is 1. The second-order valence-electron chi connectivity index (χ2n) is 1.46. The van der Waals surface area contributed by atoms with Crippen molar-refractivity contribution in [3.05, 3.63) is 0 Å². The zero-order valence-corrected chi connectivity index (χ0v) is 7.31. The first-order valence-electron chi connectivity index (χ1n) is 2.54. The Labute approximate surface area is 64.5 Å². The summed E-state index contributed by atoms with van der Waals surface area (Å²) < 4.78 is 8.00. The minimum absolute atomic E-state index is 0.331. The van der Waals surface area contributed by atoms with E-state index in [1.54, 1.807) is 0 Å². The van der Waals surface area contributed by atoms with E-state index < -0.39 is 23.4 Å². The van der Waals surface area contributed by atoms with Gasteiger partial charge in [0.2, 0.25) is 0 Å². The van der Waals surface area contributed by atoms with Crippen molar-refractivity contribution in [2.24, 2.45) is 0 Å². The van der Waals surface area contributed by atoms with Crippen LogP contribution in [0.3, 0.4) is 0 Å². The monoisotopic (exact) mass is 208 g/mol. The van der Waals surface area contributed by atoms with Gasteiger partial charge in [-0.1, -0.05) is 0 Å². The SMILES string of the molecule is OCCO[PH](O)(O)OP(O)O. The van der Waals surface area contributed by atoms with Gasteiger partial charge >= 0.3 is 63.5 Å². The van der Waals surface area contributed by atoms with Crippen molar-refractivity contribution in [3.63, 3.8) is 0 Å². The molecule has 11 heavy (non-hydrogen) atoms. The Bertz CT molecular complexity index is 105. The summed E-state index contributed by atoms with van der Waals surface area (Å²) in [5.41, 5.74) is 0. The Morgan fingerprint density at radius 1 is 1.27 bits per heavy atom. The molecule has 0 aliphatic carbocycles. The molecular formula is C2H10O7P2. The fourth-order valence-corrected chi connectivity index (χ4v) is 1.73. The number of hydrogen-bond donors (Lipinski definition) is 5. The van der Waals surface area contributed by atoms with Crippen molar-refractivity contribution in [1.29, 1.82) is 0 Å². The second kappa shape index (κ2) is 5.27. The summed E-state index contributed by atoms with van der Waals surface area (Å²) in [6.45, 7) is -0.740. The third-order valence-corrected chi connectivity index (χ3v) is 2.77. The van der Waals surface area contributed by atoms with Gasteiger partial charge in [0, 0.05) is 0 Å². The molecule has 0 radical (unpaired) electrons. The van der Waals surface area contributed by atoms with Gasteiger partial charge < -0.3 is 0 Å². The van der Waals surface area contributed by atoms with E-state index >= 15 is 0 Å². The number of rotatable bonds is 5. The summed E-state index contributed by atoms with van der Waals surface area (Å²) in [5, 5.41) is 8.16. The van der Waals surface area contributed by atoms with Crippen molar-refractivity contribution in [1.82, 2.24) is 0 Å². The average Bonchev–Trinajstić information content (AvgIpc) is 1.81. The van der Waals surface area contributed by atoms with Crippen LogP contribution in [0.25, 0.3) is 0 Å². The Kier molecular flexibility index (Phi) is 5.54. The van der Waals surface area contributed by atoms with E-state index in [0.29, 0.717) is 0 Å². The van der Waals surface area contributed by atoms with Gasteiger partial charge in [-0.15, -0.1) is 0 Å². The molecule has 0 aliphatic rings. The third kappa shape index (κ3) is 6.96. The van der Waals surface area contributed by atoms with Crippen LogP contribution in [-0.2, 0) is 8.83 Å². The average molecular weight is 208 g/mol. The van der Waals surface area contributed by atoms with Gasteiger partial charge in [-0.3, -0.25) is 0 Å². The quantitative estimate of drug-likeness (QED) is 0.353. The van der Waals surface area contributed by atoms with Gasteiger partial charge in [0.25, 0.3) is 0 Å². The molecule has 7 nitrogen and oxygen atoms in total. The second-order valence-corrected chi connectivity index (χ2v) is 4.09. The Hall–Kier alpha value is 0.580. The van der Waals surface area contributed by atoms with Crippen LogP contribution in [0.15, 0.2) is 0 Å². The van der Waals surface area contributed by atoms with E-state index in [1.807, 2.05) is 0 Å². The zero-order valence-electron chi connectivity index (χ0n) is 5.41. The first-order valence-corrected chi connectivity index (χ1v) is 5.42. The molecular weight excluding hydrogens is 198 g/mol. The molecule has 0 aromatic heterocycles. The predicted molar refractivity (Wildman–Crippen MR) is 38.2 cm³/mol. The number of hydrogen-bond acceptors (Lipinski definition) is 7. The fraction of sp³-hybridized carbons (Fsp3) is 1.00. The number of aliphatic hydroxyl groups is 1. The molecule has 0 fully saturated rings. The van der Waals surface area contributed by atoms with Gasteiger partial charge in [0.05, 0.1) is 0 Å². The van der Waals surface area contributed by atoms with Crippen LogP contribution in [0.5, 0.6) is 0 Å². The predicted octanol–water partition coefficient (Wildman–Crippen LogP) is -1.38. The Morgan fingerprint density at radius 3 is 2.18 bits per heavy atom. The van der Waals surface area contributed by atoms with E-state index in [-0.39, 0.29) is 6.61 Å². The zero-order chi connectivity index (χ0) is 8.91. The van der Waals surface area contributed by atoms with E-state index in [9.17, 15) is 0 Å². The van der Waals surface area contributed by atoms with E-state index in [2.05, 4.69) is 8.83 Å². The maximum absolute atomic E-state index is 8.65. The summed E-state index contributed by atoms with van der Waals surface area (Å²) in [4.78, 5) is 33.6. The van der Waals surface area contributed by atoms with E-state index in [1.165, 1.54) is 0 Å². The molecule has 70 valence electrons. The van der Waals surface area contributed by atoms with Gasteiger partial charge in [-0.25, -0.2) is 0 Å². The molecule has 0 saturated heterocycles. The fourth-order valence-electron chi connectivity index (χ4n) is 0.311.